The Kier molecular flexibility index (Phi) is 7.73. The minimum Gasteiger partial charge on any atom is -0.495 e. The average molecular weight is 529 g/mol. The second-order valence-electron chi connectivity index (χ2n) is 9.88. The Balaban J connectivity index is 1.65. The number of nitrogens with one attached hydrogen (secondary N) is 1. The Hall–Kier alpha value is -3.59. The van der Waals surface area contributed by atoms with E-state index in [9.17, 15) is 14.0 Å². The van der Waals surface area contributed by atoms with E-state index in [1.54, 1.807) is 39.9 Å². The maximum atomic E-state index is 14.1. The third-order valence-corrected chi connectivity index (χ3v) is 6.28. The number of carbonyl (C=O) groups excluding carboxylic acids is 2. The molecule has 1 aromatic heterocycles. The van der Waals surface area contributed by atoms with Gasteiger partial charge in [-0.2, -0.15) is 5.10 Å². The summed E-state index contributed by atoms with van der Waals surface area (Å²) in [5.41, 5.74) is 1.33. The Morgan fingerprint density at radius 1 is 1.14 bits per heavy atom. The average Bonchev–Trinajstić information content (AvgIpc) is 3.29. The van der Waals surface area contributed by atoms with Gasteiger partial charge in [0.25, 0.3) is 5.91 Å². The van der Waals surface area contributed by atoms with Crippen LogP contribution in [0, 0.1) is 5.82 Å². The van der Waals surface area contributed by atoms with Crippen molar-refractivity contribution in [3.63, 3.8) is 0 Å². The number of amides is 2. The van der Waals surface area contributed by atoms with Crippen molar-refractivity contribution in [2.24, 2.45) is 0 Å². The van der Waals surface area contributed by atoms with Crippen molar-refractivity contribution >= 4 is 29.3 Å². The minimum absolute atomic E-state index is 0.105. The van der Waals surface area contributed by atoms with Crippen molar-refractivity contribution < 1.29 is 23.5 Å². The van der Waals surface area contributed by atoms with Crippen LogP contribution in [0.1, 0.15) is 55.6 Å². The lowest BCUT2D eigenvalue weighted by Crippen LogP contribution is -2.41. The third kappa shape index (κ3) is 6.22. The Morgan fingerprint density at radius 2 is 1.86 bits per heavy atom. The first-order chi connectivity index (χ1) is 17.6. The van der Waals surface area contributed by atoms with Crippen LogP contribution >= 0.6 is 11.6 Å². The molecule has 1 aliphatic heterocycles. The largest absolute Gasteiger partial charge is 0.495 e. The molecule has 0 spiro atoms. The van der Waals surface area contributed by atoms with E-state index in [-0.39, 0.29) is 12.0 Å². The molecule has 196 valence electrons. The molecule has 4 rings (SSSR count). The number of halogens is 2. The van der Waals surface area contributed by atoms with Crippen LogP contribution in [0.25, 0.3) is 5.69 Å². The SMILES string of the molecule is COc1ccc(Cl)cc1NC(=O)c1cnn(-c2cccc(F)c2)c1C1CCN(C(=O)OC(C)(C)C)CC1. The smallest absolute Gasteiger partial charge is 0.410 e. The molecule has 0 bridgehead atoms. The van der Waals surface area contributed by atoms with E-state index in [1.165, 1.54) is 25.4 Å². The van der Waals surface area contributed by atoms with Gasteiger partial charge in [-0.15, -0.1) is 0 Å². The number of aromatic nitrogens is 2. The number of hydrogen-bond donors (Lipinski definition) is 1. The molecule has 2 aromatic carbocycles. The Labute approximate surface area is 220 Å². The highest BCUT2D eigenvalue weighted by Gasteiger charge is 2.32. The molecule has 3 aromatic rings. The summed E-state index contributed by atoms with van der Waals surface area (Å²) in [5, 5.41) is 7.77. The van der Waals surface area contributed by atoms with E-state index in [4.69, 9.17) is 21.1 Å². The summed E-state index contributed by atoms with van der Waals surface area (Å²) in [4.78, 5) is 27.7. The molecule has 10 heteroatoms. The van der Waals surface area contributed by atoms with Gasteiger partial charge in [0, 0.05) is 24.0 Å². The normalized spacial score (nSPS) is 14.4. The van der Waals surface area contributed by atoms with E-state index in [2.05, 4.69) is 10.4 Å². The number of benzene rings is 2. The van der Waals surface area contributed by atoms with E-state index >= 15 is 0 Å². The zero-order valence-corrected chi connectivity index (χ0v) is 22.0. The molecule has 1 fully saturated rings. The molecular formula is C27H30ClFN4O4. The van der Waals surface area contributed by atoms with Gasteiger partial charge in [0.15, 0.2) is 0 Å². The van der Waals surface area contributed by atoms with E-state index in [1.807, 2.05) is 20.8 Å². The molecule has 0 radical (unpaired) electrons. The minimum atomic E-state index is -0.587. The highest BCUT2D eigenvalue weighted by atomic mass is 35.5. The molecule has 2 heterocycles. The molecule has 8 nitrogen and oxygen atoms in total. The fourth-order valence-electron chi connectivity index (χ4n) is 4.37. The van der Waals surface area contributed by atoms with Gasteiger partial charge in [0.2, 0.25) is 0 Å². The van der Waals surface area contributed by atoms with Crippen LogP contribution in [0.2, 0.25) is 5.02 Å². The maximum Gasteiger partial charge on any atom is 0.410 e. The van der Waals surface area contributed by atoms with Crippen LogP contribution in [-0.4, -0.2) is 52.5 Å². The molecular weight excluding hydrogens is 499 g/mol. The number of piperidine rings is 1. The number of nitrogens with zero attached hydrogens (tertiary/aromatic N) is 3. The summed E-state index contributed by atoms with van der Waals surface area (Å²) in [6, 6.07) is 11.0. The van der Waals surface area contributed by atoms with Gasteiger partial charge in [-0.3, -0.25) is 4.79 Å². The summed E-state index contributed by atoms with van der Waals surface area (Å²) in [6.07, 6.45) is 2.28. The number of hydrogen-bond acceptors (Lipinski definition) is 5. The van der Waals surface area contributed by atoms with E-state index in [0.29, 0.717) is 59.3 Å². The monoisotopic (exact) mass is 528 g/mol. The first kappa shape index (κ1) is 26.5. The lowest BCUT2D eigenvalue weighted by Gasteiger charge is -2.34. The zero-order valence-electron chi connectivity index (χ0n) is 21.3. The van der Waals surface area contributed by atoms with Gasteiger partial charge in [-0.25, -0.2) is 13.9 Å². The Morgan fingerprint density at radius 3 is 2.51 bits per heavy atom. The number of likely N-dealkylation sites (tertiary alicyclic amines) is 1. The quantitative estimate of drug-likeness (QED) is 0.436. The van der Waals surface area contributed by atoms with Crippen LogP contribution in [0.5, 0.6) is 5.75 Å². The van der Waals surface area contributed by atoms with Gasteiger partial charge in [0.1, 0.15) is 17.2 Å². The number of rotatable bonds is 5. The highest BCUT2D eigenvalue weighted by molar-refractivity contribution is 6.31. The van der Waals surface area contributed by atoms with Gasteiger partial charge in [-0.1, -0.05) is 17.7 Å². The highest BCUT2D eigenvalue weighted by Crippen LogP contribution is 2.34. The predicted molar refractivity (Wildman–Crippen MR) is 139 cm³/mol. The molecule has 0 atom stereocenters. The number of ether oxygens (including phenoxy) is 2. The van der Waals surface area contributed by atoms with Crippen LogP contribution in [-0.2, 0) is 4.74 Å². The van der Waals surface area contributed by atoms with Crippen molar-refractivity contribution in [3.05, 3.63) is 70.8 Å². The second kappa shape index (κ2) is 10.8. The van der Waals surface area contributed by atoms with Crippen molar-refractivity contribution in [1.82, 2.24) is 14.7 Å². The predicted octanol–water partition coefficient (Wildman–Crippen LogP) is 6.04. The van der Waals surface area contributed by atoms with E-state index in [0.717, 1.165) is 0 Å². The molecule has 1 aliphatic rings. The van der Waals surface area contributed by atoms with Crippen LogP contribution in [0.15, 0.2) is 48.7 Å². The zero-order chi connectivity index (χ0) is 26.7. The lowest BCUT2D eigenvalue weighted by molar-refractivity contribution is 0.0203. The summed E-state index contributed by atoms with van der Waals surface area (Å²) in [5.74, 6) is -0.449. The molecule has 1 N–H and O–H groups in total. The van der Waals surface area contributed by atoms with Gasteiger partial charge >= 0.3 is 6.09 Å². The molecule has 1 saturated heterocycles. The van der Waals surface area contributed by atoms with Crippen molar-refractivity contribution in [2.75, 3.05) is 25.5 Å². The Bertz CT molecular complexity index is 1300. The standard InChI is InChI=1S/C27H30ClFN4O4/c1-27(2,3)37-26(35)32-12-10-17(11-13-32)24-21(16-30-33(24)20-7-5-6-19(29)15-20)25(34)31-22-14-18(28)8-9-23(22)36-4/h5-9,14-17H,10-13H2,1-4H3,(H,31,34). The second-order valence-corrected chi connectivity index (χ2v) is 10.3. The van der Waals surface area contributed by atoms with Gasteiger partial charge in [0.05, 0.1) is 35.9 Å². The first-order valence-electron chi connectivity index (χ1n) is 12.0. The number of methoxy groups -OCH3 is 1. The molecule has 0 aliphatic carbocycles. The maximum absolute atomic E-state index is 14.1. The fourth-order valence-corrected chi connectivity index (χ4v) is 4.54. The molecule has 37 heavy (non-hydrogen) atoms. The molecule has 0 saturated carbocycles. The van der Waals surface area contributed by atoms with Gasteiger partial charge < -0.3 is 19.7 Å². The lowest BCUT2D eigenvalue weighted by atomic mass is 9.90. The fraction of sp³-hybridized carbons (Fsp3) is 0.370. The van der Waals surface area contributed by atoms with Crippen molar-refractivity contribution in [1.29, 1.82) is 0 Å². The van der Waals surface area contributed by atoms with Crippen LogP contribution in [0.3, 0.4) is 0 Å². The van der Waals surface area contributed by atoms with Gasteiger partial charge in [-0.05, 0) is 70.0 Å². The van der Waals surface area contributed by atoms with E-state index < -0.39 is 17.3 Å². The van der Waals surface area contributed by atoms with Crippen LogP contribution in [0.4, 0.5) is 14.9 Å². The third-order valence-electron chi connectivity index (χ3n) is 6.05. The topological polar surface area (TPSA) is 85.7 Å². The van der Waals surface area contributed by atoms with Crippen molar-refractivity contribution in [2.45, 2.75) is 45.1 Å². The summed E-state index contributed by atoms with van der Waals surface area (Å²) in [7, 11) is 1.50. The number of carbonyl (C=O) groups is 2. The molecule has 2 amide bonds. The summed E-state index contributed by atoms with van der Waals surface area (Å²) < 4.78 is 26.5. The summed E-state index contributed by atoms with van der Waals surface area (Å²) >= 11 is 6.13. The number of anilines is 1. The van der Waals surface area contributed by atoms with Crippen molar-refractivity contribution in [3.8, 4) is 11.4 Å². The molecule has 0 unspecified atom stereocenters. The van der Waals surface area contributed by atoms with Crippen LogP contribution < -0.4 is 10.1 Å². The summed E-state index contributed by atoms with van der Waals surface area (Å²) in [6.45, 7) is 6.40. The first-order valence-corrected chi connectivity index (χ1v) is 12.4.